The Labute approximate surface area is 200 Å². The number of hydrogen-bond acceptors (Lipinski definition) is 0. The molecule has 0 heteroatoms. The molecule has 4 rings (SSSR count). The SMILES string of the molecule is C1=CCCC1.CC.CC.CC.CC.C[C@@H]1C=CCC1.C[C@@H]1C=CCC1.C[C@H]1C=CCC1. The van der Waals surface area contributed by atoms with Crippen LogP contribution in [0.15, 0.2) is 48.6 Å². The fraction of sp³-hybridized carbons (Fsp3) is 0.742. The van der Waals surface area contributed by atoms with E-state index in [4.69, 9.17) is 0 Å². The van der Waals surface area contributed by atoms with Crippen LogP contribution < -0.4 is 0 Å². The van der Waals surface area contributed by atoms with Gasteiger partial charge in [-0.25, -0.2) is 0 Å². The Hall–Kier alpha value is -1.04. The predicted octanol–water partition coefficient (Wildman–Crippen LogP) is 11.7. The first-order valence-electron chi connectivity index (χ1n) is 13.8. The van der Waals surface area contributed by atoms with Gasteiger partial charge in [0.1, 0.15) is 0 Å². The van der Waals surface area contributed by atoms with Gasteiger partial charge >= 0.3 is 0 Å². The van der Waals surface area contributed by atoms with E-state index >= 15 is 0 Å². The van der Waals surface area contributed by atoms with Gasteiger partial charge in [-0.05, 0) is 75.5 Å². The van der Waals surface area contributed by atoms with E-state index < -0.39 is 0 Å². The average Bonchev–Trinajstić information content (AvgIpc) is 3.65. The highest BCUT2D eigenvalue weighted by atomic mass is 14.1. The smallest absolute Gasteiger partial charge is 0.0259 e. The summed E-state index contributed by atoms with van der Waals surface area (Å²) >= 11 is 0. The summed E-state index contributed by atoms with van der Waals surface area (Å²) in [6.45, 7) is 22.8. The highest BCUT2D eigenvalue weighted by molar-refractivity contribution is 4.94. The molecule has 0 aliphatic heterocycles. The van der Waals surface area contributed by atoms with Crippen molar-refractivity contribution in [2.75, 3.05) is 0 Å². The summed E-state index contributed by atoms with van der Waals surface area (Å²) in [4.78, 5) is 0. The van der Waals surface area contributed by atoms with Crippen LogP contribution in [0.3, 0.4) is 0 Å². The molecule has 0 unspecified atom stereocenters. The van der Waals surface area contributed by atoms with Gasteiger partial charge in [0, 0.05) is 0 Å². The van der Waals surface area contributed by atoms with E-state index in [-0.39, 0.29) is 0 Å². The van der Waals surface area contributed by atoms with Gasteiger partial charge in [-0.15, -0.1) is 0 Å². The molecule has 0 N–H and O–H groups in total. The van der Waals surface area contributed by atoms with Gasteiger partial charge in [0.25, 0.3) is 0 Å². The summed E-state index contributed by atoms with van der Waals surface area (Å²) in [5.41, 5.74) is 0. The minimum absolute atomic E-state index is 0.866. The van der Waals surface area contributed by atoms with Crippen LogP contribution in [0.4, 0.5) is 0 Å². The van der Waals surface area contributed by atoms with E-state index in [1.807, 2.05) is 55.4 Å². The van der Waals surface area contributed by atoms with Gasteiger partial charge in [0.15, 0.2) is 0 Å². The molecule has 0 aromatic rings. The van der Waals surface area contributed by atoms with Crippen LogP contribution in [-0.2, 0) is 0 Å². The Balaban J connectivity index is -0.000000142. The highest BCUT2D eigenvalue weighted by Crippen LogP contribution is 2.15. The second kappa shape index (κ2) is 36.3. The lowest BCUT2D eigenvalue weighted by Gasteiger charge is -1.89. The molecule has 0 aromatic carbocycles. The van der Waals surface area contributed by atoms with Crippen LogP contribution in [0.1, 0.15) is 134 Å². The molecular formula is C31H62. The first-order chi connectivity index (χ1) is 15.2. The molecule has 0 saturated carbocycles. The Bertz CT molecular complexity index is 329. The third-order valence-corrected chi connectivity index (χ3v) is 4.67. The van der Waals surface area contributed by atoms with Gasteiger partial charge in [-0.3, -0.25) is 0 Å². The molecular weight excluding hydrogens is 372 g/mol. The van der Waals surface area contributed by atoms with E-state index in [0.717, 1.165) is 17.8 Å². The number of rotatable bonds is 0. The van der Waals surface area contributed by atoms with E-state index in [1.54, 1.807) is 0 Å². The van der Waals surface area contributed by atoms with Gasteiger partial charge in [-0.2, -0.15) is 0 Å². The Morgan fingerprint density at radius 1 is 0.387 bits per heavy atom. The molecule has 0 saturated heterocycles. The molecule has 4 aliphatic carbocycles. The maximum atomic E-state index is 2.28. The van der Waals surface area contributed by atoms with Crippen LogP contribution >= 0.6 is 0 Å². The van der Waals surface area contributed by atoms with Crippen LogP contribution in [0.5, 0.6) is 0 Å². The lowest BCUT2D eigenvalue weighted by molar-refractivity contribution is 0.701. The van der Waals surface area contributed by atoms with Crippen LogP contribution in [0.25, 0.3) is 0 Å². The third-order valence-electron chi connectivity index (χ3n) is 4.67. The first-order valence-corrected chi connectivity index (χ1v) is 13.8. The summed E-state index contributed by atoms with van der Waals surface area (Å²) in [5, 5.41) is 0. The molecule has 186 valence electrons. The van der Waals surface area contributed by atoms with Crippen molar-refractivity contribution in [3.05, 3.63) is 48.6 Å². The maximum absolute atomic E-state index is 2.28. The fourth-order valence-electron chi connectivity index (χ4n) is 2.94. The second-order valence-electron chi connectivity index (χ2n) is 7.35. The molecule has 0 heterocycles. The quantitative estimate of drug-likeness (QED) is 0.332. The minimum Gasteiger partial charge on any atom is -0.0885 e. The van der Waals surface area contributed by atoms with Crippen molar-refractivity contribution in [2.24, 2.45) is 17.8 Å². The van der Waals surface area contributed by atoms with Crippen molar-refractivity contribution in [1.82, 2.24) is 0 Å². The predicted molar refractivity (Wildman–Crippen MR) is 151 cm³/mol. The van der Waals surface area contributed by atoms with Crippen molar-refractivity contribution in [2.45, 2.75) is 134 Å². The van der Waals surface area contributed by atoms with Gasteiger partial charge in [0.05, 0.1) is 0 Å². The zero-order valence-corrected chi connectivity index (χ0v) is 23.7. The lowest BCUT2D eigenvalue weighted by atomic mass is 10.2. The van der Waals surface area contributed by atoms with Gasteiger partial charge < -0.3 is 0 Å². The van der Waals surface area contributed by atoms with Crippen LogP contribution in [-0.4, -0.2) is 0 Å². The van der Waals surface area contributed by atoms with Crippen molar-refractivity contribution >= 4 is 0 Å². The maximum Gasteiger partial charge on any atom is -0.0259 e. The van der Waals surface area contributed by atoms with Crippen molar-refractivity contribution in [3.8, 4) is 0 Å². The molecule has 31 heavy (non-hydrogen) atoms. The molecule has 4 aliphatic rings. The Morgan fingerprint density at radius 2 is 0.645 bits per heavy atom. The molecule has 0 amide bonds. The van der Waals surface area contributed by atoms with Gasteiger partial charge in [0.2, 0.25) is 0 Å². The van der Waals surface area contributed by atoms with E-state index in [9.17, 15) is 0 Å². The van der Waals surface area contributed by atoms with Crippen molar-refractivity contribution in [3.63, 3.8) is 0 Å². The third kappa shape index (κ3) is 33.8. The summed E-state index contributed by atoms with van der Waals surface area (Å²) in [6, 6.07) is 0. The van der Waals surface area contributed by atoms with Crippen LogP contribution in [0.2, 0.25) is 0 Å². The number of allylic oxidation sites excluding steroid dienone is 8. The minimum atomic E-state index is 0.866. The van der Waals surface area contributed by atoms with E-state index in [1.165, 1.54) is 57.8 Å². The van der Waals surface area contributed by atoms with Crippen molar-refractivity contribution in [1.29, 1.82) is 0 Å². The lowest BCUT2D eigenvalue weighted by Crippen LogP contribution is -1.76. The normalized spacial score (nSPS) is 22.6. The monoisotopic (exact) mass is 434 g/mol. The number of hydrogen-bond donors (Lipinski definition) is 0. The molecule has 3 atom stereocenters. The fourth-order valence-corrected chi connectivity index (χ4v) is 2.94. The Morgan fingerprint density at radius 3 is 0.710 bits per heavy atom. The molecule has 0 radical (unpaired) electrons. The molecule has 0 aromatic heterocycles. The highest BCUT2D eigenvalue weighted by Gasteiger charge is 2.00. The average molecular weight is 435 g/mol. The standard InChI is InChI=1S/3C6H10.C5H8.4C2H6/c3*1-6-4-2-3-5-6;1-2-4-5-3-1;4*1-2/h3*2,4,6H,3,5H2,1H3;1-2H,3-5H2;4*1-2H3/t3*6-;;;;;/m110...../s1. The molecule has 0 nitrogen and oxygen atoms in total. The van der Waals surface area contributed by atoms with E-state index in [0.29, 0.717) is 0 Å². The zero-order valence-electron chi connectivity index (χ0n) is 23.7. The molecule has 0 bridgehead atoms. The summed E-state index contributed by atoms with van der Waals surface area (Å²) in [5.74, 6) is 2.60. The van der Waals surface area contributed by atoms with Crippen LogP contribution in [0, 0.1) is 17.8 Å². The molecule has 0 spiro atoms. The Kier molecular flexibility index (Phi) is 43.7. The molecule has 0 fully saturated rings. The zero-order chi connectivity index (χ0) is 24.8. The van der Waals surface area contributed by atoms with Crippen molar-refractivity contribution < 1.29 is 0 Å². The summed E-state index contributed by atoms with van der Waals surface area (Å²) < 4.78 is 0. The largest absolute Gasteiger partial charge is 0.0885 e. The van der Waals surface area contributed by atoms with E-state index in [2.05, 4.69) is 69.4 Å². The topological polar surface area (TPSA) is 0 Å². The van der Waals surface area contributed by atoms with Gasteiger partial charge in [-0.1, -0.05) is 125 Å². The summed E-state index contributed by atoms with van der Waals surface area (Å²) in [6.07, 6.45) is 30.1. The summed E-state index contributed by atoms with van der Waals surface area (Å²) in [7, 11) is 0. The second-order valence-corrected chi connectivity index (χ2v) is 7.35. The first kappa shape index (κ1) is 37.3.